The number of nitrogens with one attached hydrogen (secondary N) is 2. The van der Waals surface area contributed by atoms with Crippen molar-refractivity contribution < 1.29 is 14.0 Å². The summed E-state index contributed by atoms with van der Waals surface area (Å²) in [5, 5.41) is 7.67. The molecule has 0 fully saturated rings. The van der Waals surface area contributed by atoms with Gasteiger partial charge < -0.3 is 5.32 Å². The lowest BCUT2D eigenvalue weighted by Crippen LogP contribution is -2.11. The van der Waals surface area contributed by atoms with E-state index in [4.69, 9.17) is 0 Å². The lowest BCUT2D eigenvalue weighted by atomic mass is 10.1. The van der Waals surface area contributed by atoms with Gasteiger partial charge >= 0.3 is 0 Å². The Hall–Kier alpha value is -3.06. The maximum Gasteiger partial charge on any atom is 0.257 e. The zero-order valence-electron chi connectivity index (χ0n) is 13.2. The van der Waals surface area contributed by atoms with Crippen molar-refractivity contribution in [2.24, 2.45) is 0 Å². The molecule has 0 aliphatic carbocycles. The Morgan fingerprint density at radius 3 is 2.32 bits per heavy atom. The Morgan fingerprint density at radius 2 is 1.68 bits per heavy atom. The van der Waals surface area contributed by atoms with Crippen LogP contribution in [0.4, 0.5) is 15.2 Å². The van der Waals surface area contributed by atoms with Crippen LogP contribution in [0.25, 0.3) is 11.3 Å². The van der Waals surface area contributed by atoms with Crippen LogP contribution in [0.1, 0.15) is 17.3 Å². The molecule has 0 bridgehead atoms. The van der Waals surface area contributed by atoms with Gasteiger partial charge in [-0.15, -0.1) is 11.3 Å². The molecule has 0 saturated heterocycles. The van der Waals surface area contributed by atoms with Crippen LogP contribution >= 0.6 is 11.3 Å². The average Bonchev–Trinajstić information content (AvgIpc) is 3.04. The van der Waals surface area contributed by atoms with Gasteiger partial charge in [0.05, 0.1) is 5.69 Å². The Bertz CT molecular complexity index is 905. The zero-order valence-corrected chi connectivity index (χ0v) is 14.1. The Labute approximate surface area is 147 Å². The highest BCUT2D eigenvalue weighted by Crippen LogP contribution is 2.26. The molecule has 1 heterocycles. The smallest absolute Gasteiger partial charge is 0.257 e. The number of hydrogen-bond acceptors (Lipinski definition) is 4. The number of aromatic nitrogens is 1. The summed E-state index contributed by atoms with van der Waals surface area (Å²) in [6.07, 6.45) is 0. The first kappa shape index (κ1) is 16.8. The van der Waals surface area contributed by atoms with Crippen molar-refractivity contribution in [2.75, 3.05) is 10.6 Å². The summed E-state index contributed by atoms with van der Waals surface area (Å²) < 4.78 is 12.9. The summed E-state index contributed by atoms with van der Waals surface area (Å²) in [6, 6.07) is 12.6. The minimum atomic E-state index is -0.393. The van der Waals surface area contributed by atoms with E-state index in [1.54, 1.807) is 12.1 Å². The van der Waals surface area contributed by atoms with Gasteiger partial charge in [0.2, 0.25) is 5.91 Å². The van der Waals surface area contributed by atoms with Gasteiger partial charge in [0.1, 0.15) is 5.82 Å². The molecule has 3 rings (SSSR count). The predicted molar refractivity (Wildman–Crippen MR) is 96.2 cm³/mol. The van der Waals surface area contributed by atoms with Crippen LogP contribution in [-0.4, -0.2) is 16.8 Å². The average molecular weight is 355 g/mol. The van der Waals surface area contributed by atoms with Crippen molar-refractivity contribution in [1.82, 2.24) is 4.98 Å². The molecule has 2 amide bonds. The van der Waals surface area contributed by atoms with E-state index in [2.05, 4.69) is 15.6 Å². The molecular weight excluding hydrogens is 341 g/mol. The fraction of sp³-hybridized carbons (Fsp3) is 0.0556. The zero-order chi connectivity index (χ0) is 17.8. The van der Waals surface area contributed by atoms with Crippen molar-refractivity contribution in [2.45, 2.75) is 6.92 Å². The maximum absolute atomic E-state index is 12.9. The monoisotopic (exact) mass is 355 g/mol. The van der Waals surface area contributed by atoms with Gasteiger partial charge in [0, 0.05) is 29.1 Å². The summed E-state index contributed by atoms with van der Waals surface area (Å²) in [6.45, 7) is 1.45. The summed E-state index contributed by atoms with van der Waals surface area (Å²) in [7, 11) is 0. The topological polar surface area (TPSA) is 71.1 Å². The number of hydrogen-bond donors (Lipinski definition) is 2. The largest absolute Gasteiger partial charge is 0.326 e. The molecule has 2 N–H and O–H groups in total. The molecule has 0 aliphatic rings. The van der Waals surface area contributed by atoms with Crippen LogP contribution in [0.15, 0.2) is 53.9 Å². The number of benzene rings is 2. The summed E-state index contributed by atoms with van der Waals surface area (Å²) in [5.41, 5.74) is 2.65. The molecule has 0 atom stereocenters. The first-order valence-electron chi connectivity index (χ1n) is 7.42. The molecule has 3 aromatic rings. The second kappa shape index (κ2) is 7.23. The fourth-order valence-corrected chi connectivity index (χ4v) is 2.88. The first-order chi connectivity index (χ1) is 12.0. The van der Waals surface area contributed by atoms with Crippen LogP contribution < -0.4 is 10.6 Å². The minimum absolute atomic E-state index is 0.132. The number of thiazole rings is 1. The molecule has 0 spiro atoms. The fourth-order valence-electron chi connectivity index (χ4n) is 2.16. The van der Waals surface area contributed by atoms with E-state index in [1.165, 1.54) is 42.5 Å². The molecule has 126 valence electrons. The van der Waals surface area contributed by atoms with Crippen molar-refractivity contribution in [3.05, 3.63) is 65.3 Å². The normalized spacial score (nSPS) is 10.3. The van der Waals surface area contributed by atoms with Crippen LogP contribution in [0.5, 0.6) is 0 Å². The van der Waals surface area contributed by atoms with E-state index in [-0.39, 0.29) is 11.8 Å². The Morgan fingerprint density at radius 1 is 1.00 bits per heavy atom. The van der Waals surface area contributed by atoms with Gasteiger partial charge in [-0.2, -0.15) is 0 Å². The van der Waals surface area contributed by atoms with E-state index in [0.717, 1.165) is 5.56 Å². The molecule has 2 aromatic carbocycles. The maximum atomic E-state index is 12.9. The van der Waals surface area contributed by atoms with E-state index < -0.39 is 5.82 Å². The van der Waals surface area contributed by atoms with Crippen LogP contribution in [0, 0.1) is 5.82 Å². The molecule has 0 aliphatic heterocycles. The van der Waals surface area contributed by atoms with Crippen molar-refractivity contribution in [3.63, 3.8) is 0 Å². The number of nitrogens with zero attached hydrogens (tertiary/aromatic N) is 1. The summed E-state index contributed by atoms with van der Waals surface area (Å²) in [5.74, 6) is -0.870. The standard InChI is InChI=1S/C18H14FN3O2S/c1-11(23)20-15-8-4-12(5-9-15)16-10-25-18(21-16)22-17(24)13-2-6-14(19)7-3-13/h2-10H,1H3,(H,20,23)(H,21,22,24). The number of anilines is 2. The number of rotatable bonds is 4. The van der Waals surface area contributed by atoms with Crippen molar-refractivity contribution in [1.29, 1.82) is 0 Å². The lowest BCUT2D eigenvalue weighted by molar-refractivity contribution is -0.114. The molecule has 7 heteroatoms. The number of halogens is 1. The molecule has 25 heavy (non-hydrogen) atoms. The minimum Gasteiger partial charge on any atom is -0.326 e. The molecule has 0 saturated carbocycles. The lowest BCUT2D eigenvalue weighted by Gasteiger charge is -2.03. The third-order valence-electron chi connectivity index (χ3n) is 3.33. The SMILES string of the molecule is CC(=O)Nc1ccc(-c2csc(NC(=O)c3ccc(F)cc3)n2)cc1. The summed E-state index contributed by atoms with van der Waals surface area (Å²) in [4.78, 5) is 27.5. The van der Waals surface area contributed by atoms with Crippen LogP contribution in [-0.2, 0) is 4.79 Å². The first-order valence-corrected chi connectivity index (χ1v) is 8.30. The van der Waals surface area contributed by atoms with Gasteiger partial charge in [0.15, 0.2) is 5.13 Å². The van der Waals surface area contributed by atoms with Gasteiger partial charge in [-0.3, -0.25) is 14.9 Å². The van der Waals surface area contributed by atoms with Gasteiger partial charge in [0.25, 0.3) is 5.91 Å². The van der Waals surface area contributed by atoms with Crippen LogP contribution in [0.3, 0.4) is 0 Å². The highest BCUT2D eigenvalue weighted by Gasteiger charge is 2.10. The van der Waals surface area contributed by atoms with Gasteiger partial charge in [-0.1, -0.05) is 12.1 Å². The van der Waals surface area contributed by atoms with Crippen LogP contribution in [0.2, 0.25) is 0 Å². The quantitative estimate of drug-likeness (QED) is 0.738. The van der Waals surface area contributed by atoms with Crippen molar-refractivity contribution >= 4 is 34.0 Å². The van der Waals surface area contributed by atoms with Gasteiger partial charge in [-0.05, 0) is 36.4 Å². The molecule has 5 nitrogen and oxygen atoms in total. The predicted octanol–water partition coefficient (Wildman–Crippen LogP) is 4.16. The number of carbonyl (C=O) groups excluding carboxylic acids is 2. The van der Waals surface area contributed by atoms with E-state index >= 15 is 0 Å². The highest BCUT2D eigenvalue weighted by atomic mass is 32.1. The van der Waals surface area contributed by atoms with Crippen molar-refractivity contribution in [3.8, 4) is 11.3 Å². The Balaban J connectivity index is 1.70. The second-order valence-corrected chi connectivity index (χ2v) is 6.12. The Kier molecular flexibility index (Phi) is 4.85. The highest BCUT2D eigenvalue weighted by molar-refractivity contribution is 7.14. The molecule has 0 radical (unpaired) electrons. The van der Waals surface area contributed by atoms with E-state index in [0.29, 0.717) is 22.1 Å². The molecular formula is C18H14FN3O2S. The number of amides is 2. The third-order valence-corrected chi connectivity index (χ3v) is 4.09. The van der Waals surface area contributed by atoms with E-state index in [1.807, 2.05) is 17.5 Å². The second-order valence-electron chi connectivity index (χ2n) is 5.26. The molecule has 0 unspecified atom stereocenters. The van der Waals surface area contributed by atoms with Gasteiger partial charge in [-0.25, -0.2) is 9.37 Å². The van der Waals surface area contributed by atoms with E-state index in [9.17, 15) is 14.0 Å². The summed E-state index contributed by atoms with van der Waals surface area (Å²) >= 11 is 1.30. The third kappa shape index (κ3) is 4.27. The number of carbonyl (C=O) groups is 2. The molecule has 1 aromatic heterocycles.